The molecule has 0 radical (unpaired) electrons. The average Bonchev–Trinajstić information content (AvgIpc) is 2.78. The smallest absolute Gasteiger partial charge is 0.159 e. The Labute approximate surface area is 197 Å². The first-order valence-electron chi connectivity index (χ1n) is 11.5. The lowest BCUT2D eigenvalue weighted by atomic mass is 9.72. The largest absolute Gasteiger partial charge is 0.396 e. The molecule has 1 spiro atoms. The van der Waals surface area contributed by atoms with Gasteiger partial charge >= 0.3 is 0 Å². The van der Waals surface area contributed by atoms with Gasteiger partial charge in [-0.3, -0.25) is 14.9 Å². The van der Waals surface area contributed by atoms with Crippen molar-refractivity contribution in [1.29, 1.82) is 0 Å². The Bertz CT molecular complexity index is 1200. The highest BCUT2D eigenvalue weighted by molar-refractivity contribution is 6.11. The van der Waals surface area contributed by atoms with E-state index in [1.807, 2.05) is 38.4 Å². The molecule has 0 saturated carbocycles. The molecule has 5 rings (SSSR count). The van der Waals surface area contributed by atoms with Crippen LogP contribution in [-0.2, 0) is 11.4 Å². The molecule has 176 valence electrons. The number of nitrogens with zero attached hydrogens (tertiary/aromatic N) is 5. The normalized spacial score (nSPS) is 17.4. The Morgan fingerprint density at radius 1 is 1.03 bits per heavy atom. The van der Waals surface area contributed by atoms with Crippen molar-refractivity contribution in [2.45, 2.75) is 20.4 Å². The molecule has 3 aromatic rings. The van der Waals surface area contributed by atoms with Crippen LogP contribution in [0.1, 0.15) is 29.4 Å². The molecule has 0 unspecified atom stereocenters. The highest BCUT2D eigenvalue weighted by Crippen LogP contribution is 2.42. The van der Waals surface area contributed by atoms with E-state index in [-0.39, 0.29) is 0 Å². The molecular formula is C26H27F2N5O. The summed E-state index contributed by atoms with van der Waals surface area (Å²) in [7, 11) is 0. The minimum absolute atomic E-state index is 0.361. The average molecular weight is 464 g/mol. The van der Waals surface area contributed by atoms with Gasteiger partial charge in [0.25, 0.3) is 0 Å². The van der Waals surface area contributed by atoms with Gasteiger partial charge in [-0.05, 0) is 55.8 Å². The first-order valence-corrected chi connectivity index (χ1v) is 11.5. The van der Waals surface area contributed by atoms with E-state index < -0.39 is 11.6 Å². The number of aryl methyl sites for hydroxylation is 1. The van der Waals surface area contributed by atoms with Crippen LogP contribution in [-0.4, -0.2) is 53.4 Å². The summed E-state index contributed by atoms with van der Waals surface area (Å²) in [5.74, 6) is -1.83. The lowest BCUT2D eigenvalue weighted by Crippen LogP contribution is -2.71. The summed E-state index contributed by atoms with van der Waals surface area (Å²) in [5, 5.41) is 4.09. The first kappa shape index (κ1) is 22.4. The number of pyridine rings is 2. The van der Waals surface area contributed by atoms with E-state index in [0.29, 0.717) is 29.0 Å². The fraction of sp³-hybridized carbons (Fsp3) is 0.346. The molecule has 34 heavy (non-hydrogen) atoms. The van der Waals surface area contributed by atoms with Gasteiger partial charge in [-0.2, -0.15) is 0 Å². The van der Waals surface area contributed by atoms with Crippen molar-refractivity contribution in [2.24, 2.45) is 10.6 Å². The van der Waals surface area contributed by atoms with Gasteiger partial charge in [0.2, 0.25) is 0 Å². The van der Waals surface area contributed by atoms with Crippen molar-refractivity contribution in [3.05, 3.63) is 89.0 Å². The summed E-state index contributed by atoms with van der Waals surface area (Å²) < 4.78 is 27.1. The van der Waals surface area contributed by atoms with Gasteiger partial charge in [0.15, 0.2) is 11.6 Å². The number of hydrogen-bond acceptors (Lipinski definition) is 6. The third-order valence-electron chi connectivity index (χ3n) is 6.37. The number of rotatable bonds is 7. The Morgan fingerprint density at radius 3 is 2.53 bits per heavy atom. The summed E-state index contributed by atoms with van der Waals surface area (Å²) in [6.45, 7) is 9.32. The molecule has 2 aromatic heterocycles. The number of aromatic nitrogens is 2. The predicted octanol–water partition coefficient (Wildman–Crippen LogP) is 4.17. The number of anilines is 1. The maximum atomic E-state index is 13.8. The summed E-state index contributed by atoms with van der Waals surface area (Å²) >= 11 is 0. The predicted molar refractivity (Wildman–Crippen MR) is 127 cm³/mol. The Kier molecular flexibility index (Phi) is 6.00. The van der Waals surface area contributed by atoms with Crippen LogP contribution in [0.3, 0.4) is 0 Å². The molecule has 0 N–H and O–H groups in total. The van der Waals surface area contributed by atoms with E-state index in [1.54, 1.807) is 0 Å². The summed E-state index contributed by atoms with van der Waals surface area (Å²) in [6, 6.07) is 11.7. The molecule has 1 aromatic carbocycles. The highest BCUT2D eigenvalue weighted by Gasteiger charge is 2.51. The molecule has 6 nitrogen and oxygen atoms in total. The van der Waals surface area contributed by atoms with Crippen LogP contribution in [0, 0.1) is 24.0 Å². The van der Waals surface area contributed by atoms with E-state index >= 15 is 0 Å². The summed E-state index contributed by atoms with van der Waals surface area (Å²) in [5.41, 5.74) is 5.11. The van der Waals surface area contributed by atoms with Gasteiger partial charge in [0.1, 0.15) is 12.3 Å². The zero-order chi connectivity index (χ0) is 23.7. The Balaban J connectivity index is 1.20. The van der Waals surface area contributed by atoms with Crippen LogP contribution < -0.4 is 4.90 Å². The van der Waals surface area contributed by atoms with Gasteiger partial charge in [0, 0.05) is 67.5 Å². The lowest BCUT2D eigenvalue weighted by Gasteiger charge is -2.61. The van der Waals surface area contributed by atoms with Gasteiger partial charge in [-0.1, -0.05) is 11.2 Å². The fourth-order valence-corrected chi connectivity index (χ4v) is 4.82. The zero-order valence-corrected chi connectivity index (χ0v) is 19.3. The van der Waals surface area contributed by atoms with Crippen LogP contribution in [0.15, 0.2) is 60.0 Å². The van der Waals surface area contributed by atoms with Crippen molar-refractivity contribution in [3.8, 4) is 0 Å². The lowest BCUT2D eigenvalue weighted by molar-refractivity contribution is -0.0273. The Morgan fingerprint density at radius 2 is 1.85 bits per heavy atom. The Hall–Kier alpha value is -3.39. The molecule has 0 atom stereocenters. The van der Waals surface area contributed by atoms with Crippen molar-refractivity contribution in [3.63, 3.8) is 0 Å². The molecule has 2 saturated heterocycles. The molecule has 2 aliphatic heterocycles. The second-order valence-corrected chi connectivity index (χ2v) is 9.19. The van der Waals surface area contributed by atoms with Gasteiger partial charge < -0.3 is 9.74 Å². The standard InChI is InChI=1S/C26H27F2N5O/c1-3-34-31-25(20-5-6-22(27)23(28)11-20)24-7-4-19(12-30-24)13-32-14-26(15-32)16-33(17-26)21-8-9-29-18(2)10-21/h4-12H,3,13-17H2,1-2H3/b31-25+. The van der Waals surface area contributed by atoms with E-state index in [9.17, 15) is 8.78 Å². The minimum Gasteiger partial charge on any atom is -0.396 e. The van der Waals surface area contributed by atoms with E-state index in [0.717, 1.165) is 56.1 Å². The van der Waals surface area contributed by atoms with Crippen LogP contribution >= 0.6 is 0 Å². The third kappa shape index (κ3) is 4.50. The summed E-state index contributed by atoms with van der Waals surface area (Å²) in [6.07, 6.45) is 3.69. The number of likely N-dealkylation sites (tertiary alicyclic amines) is 1. The van der Waals surface area contributed by atoms with E-state index in [4.69, 9.17) is 4.84 Å². The van der Waals surface area contributed by atoms with E-state index in [1.165, 1.54) is 11.8 Å². The van der Waals surface area contributed by atoms with Crippen LogP contribution in [0.5, 0.6) is 0 Å². The molecule has 8 heteroatoms. The molecule has 0 amide bonds. The van der Waals surface area contributed by atoms with Crippen molar-refractivity contribution < 1.29 is 13.6 Å². The summed E-state index contributed by atoms with van der Waals surface area (Å²) in [4.78, 5) is 18.9. The molecule has 2 aliphatic rings. The molecular weight excluding hydrogens is 436 g/mol. The maximum Gasteiger partial charge on any atom is 0.159 e. The second kappa shape index (κ2) is 9.10. The molecule has 2 fully saturated rings. The SMILES string of the molecule is CCO/N=C(\c1ccc(F)c(F)c1)c1ccc(CN2CC3(C2)CN(c2ccnc(C)c2)C3)cn1. The number of oxime groups is 1. The third-order valence-corrected chi connectivity index (χ3v) is 6.37. The minimum atomic E-state index is -0.932. The molecule has 0 bridgehead atoms. The van der Waals surface area contributed by atoms with Crippen molar-refractivity contribution in [1.82, 2.24) is 14.9 Å². The van der Waals surface area contributed by atoms with Crippen LogP contribution in [0.25, 0.3) is 0 Å². The number of hydrogen-bond donors (Lipinski definition) is 0. The van der Waals surface area contributed by atoms with Gasteiger partial charge in [-0.25, -0.2) is 8.78 Å². The monoisotopic (exact) mass is 463 g/mol. The van der Waals surface area contributed by atoms with Gasteiger partial charge in [-0.15, -0.1) is 0 Å². The van der Waals surface area contributed by atoms with Crippen LogP contribution in [0.2, 0.25) is 0 Å². The first-order chi connectivity index (χ1) is 16.4. The van der Waals surface area contributed by atoms with Crippen LogP contribution in [0.4, 0.5) is 14.5 Å². The zero-order valence-electron chi connectivity index (χ0n) is 19.3. The van der Waals surface area contributed by atoms with E-state index in [2.05, 4.69) is 37.1 Å². The molecule has 4 heterocycles. The van der Waals surface area contributed by atoms with Crippen molar-refractivity contribution in [2.75, 3.05) is 37.7 Å². The number of halogens is 2. The topological polar surface area (TPSA) is 53.9 Å². The molecule has 0 aliphatic carbocycles. The van der Waals surface area contributed by atoms with Gasteiger partial charge in [0.05, 0.1) is 5.69 Å². The number of benzene rings is 1. The maximum absolute atomic E-state index is 13.8. The van der Waals surface area contributed by atoms with Crippen molar-refractivity contribution >= 4 is 11.4 Å². The fourth-order valence-electron chi connectivity index (χ4n) is 4.82. The quantitative estimate of drug-likeness (QED) is 0.389. The highest BCUT2D eigenvalue weighted by atomic mass is 19.2. The second-order valence-electron chi connectivity index (χ2n) is 9.19.